The summed E-state index contributed by atoms with van der Waals surface area (Å²) in [6.07, 6.45) is -2.03. The Kier molecular flexibility index (Phi) is 5.51. The molecule has 96 valence electrons. The summed E-state index contributed by atoms with van der Waals surface area (Å²) in [6.45, 7) is 2.05. The van der Waals surface area contributed by atoms with E-state index in [1.165, 1.54) is 0 Å². The second kappa shape index (κ2) is 6.42. The number of alkyl halides is 3. The first-order valence-electron chi connectivity index (χ1n) is 5.50. The Morgan fingerprint density at radius 2 is 2.00 bits per heavy atom. The predicted molar refractivity (Wildman–Crippen MR) is 53.3 cm³/mol. The van der Waals surface area contributed by atoms with Gasteiger partial charge in [0.2, 0.25) is 0 Å². The van der Waals surface area contributed by atoms with Crippen LogP contribution in [0.15, 0.2) is 0 Å². The van der Waals surface area contributed by atoms with Gasteiger partial charge in [0.1, 0.15) is 6.61 Å². The molecule has 0 aromatic rings. The quantitative estimate of drug-likeness (QED) is 0.688. The molecule has 1 N–H and O–H groups in total. The van der Waals surface area contributed by atoms with Gasteiger partial charge >= 0.3 is 6.18 Å². The van der Waals surface area contributed by atoms with Crippen LogP contribution in [0.5, 0.6) is 0 Å². The predicted octanol–water partition coefficient (Wildman–Crippen LogP) is 1.72. The molecule has 0 spiro atoms. The van der Waals surface area contributed by atoms with Crippen molar-refractivity contribution in [1.82, 2.24) is 5.32 Å². The minimum atomic E-state index is -4.23. The molecule has 1 rings (SSSR count). The molecule has 0 heterocycles. The van der Waals surface area contributed by atoms with Crippen molar-refractivity contribution >= 4 is 0 Å². The van der Waals surface area contributed by atoms with Gasteiger partial charge in [0, 0.05) is 19.2 Å². The topological polar surface area (TPSA) is 30.5 Å². The fourth-order valence-corrected chi connectivity index (χ4v) is 1.63. The summed E-state index contributed by atoms with van der Waals surface area (Å²) in [4.78, 5) is 0. The van der Waals surface area contributed by atoms with Gasteiger partial charge in [-0.1, -0.05) is 0 Å². The third kappa shape index (κ3) is 5.67. The lowest BCUT2D eigenvalue weighted by Gasteiger charge is -2.35. The first-order valence-corrected chi connectivity index (χ1v) is 5.50. The van der Waals surface area contributed by atoms with Crippen LogP contribution in [-0.4, -0.2) is 44.7 Å². The fraction of sp³-hybridized carbons (Fsp3) is 1.00. The van der Waals surface area contributed by atoms with E-state index in [1.807, 2.05) is 6.92 Å². The molecule has 0 unspecified atom stereocenters. The van der Waals surface area contributed by atoms with E-state index < -0.39 is 12.8 Å². The highest BCUT2D eigenvalue weighted by atomic mass is 19.4. The van der Waals surface area contributed by atoms with E-state index in [0.29, 0.717) is 25.3 Å². The molecule has 0 amide bonds. The van der Waals surface area contributed by atoms with Crippen LogP contribution in [0.2, 0.25) is 0 Å². The minimum Gasteiger partial charge on any atom is -0.378 e. The third-order valence-electron chi connectivity index (χ3n) is 2.44. The fourth-order valence-electron chi connectivity index (χ4n) is 1.63. The van der Waals surface area contributed by atoms with Crippen LogP contribution in [0.1, 0.15) is 19.8 Å². The molecule has 6 heteroatoms. The van der Waals surface area contributed by atoms with Crippen LogP contribution in [0.25, 0.3) is 0 Å². The highest BCUT2D eigenvalue weighted by Crippen LogP contribution is 2.22. The summed E-state index contributed by atoms with van der Waals surface area (Å²) in [5, 5.41) is 3.12. The lowest BCUT2D eigenvalue weighted by Crippen LogP contribution is -2.46. The largest absolute Gasteiger partial charge is 0.411 e. The van der Waals surface area contributed by atoms with Crippen molar-refractivity contribution < 1.29 is 22.6 Å². The third-order valence-corrected chi connectivity index (χ3v) is 2.44. The van der Waals surface area contributed by atoms with Crippen LogP contribution >= 0.6 is 0 Å². The maximum Gasteiger partial charge on any atom is 0.411 e. The van der Waals surface area contributed by atoms with Gasteiger partial charge in [-0.25, -0.2) is 0 Å². The standard InChI is InChI=1S/C10H18F3NO2/c1-2-16-9-5-8(6-9)14-3-4-15-7-10(11,12)13/h8-9,14H,2-7H2,1H3. The van der Waals surface area contributed by atoms with Gasteiger partial charge < -0.3 is 14.8 Å². The smallest absolute Gasteiger partial charge is 0.378 e. The second-order valence-corrected chi connectivity index (χ2v) is 3.87. The average Bonchev–Trinajstić information content (AvgIpc) is 2.11. The molecule has 1 aliphatic carbocycles. The number of hydrogen-bond acceptors (Lipinski definition) is 3. The van der Waals surface area contributed by atoms with E-state index in [-0.39, 0.29) is 6.61 Å². The molecule has 1 aliphatic rings. The Morgan fingerprint density at radius 1 is 1.31 bits per heavy atom. The Hall–Kier alpha value is -0.330. The first-order chi connectivity index (χ1) is 7.51. The number of rotatable bonds is 7. The molecule has 0 bridgehead atoms. The summed E-state index contributed by atoms with van der Waals surface area (Å²) in [5.74, 6) is 0. The molecular formula is C10H18F3NO2. The first kappa shape index (κ1) is 13.7. The summed E-state index contributed by atoms with van der Waals surface area (Å²) >= 11 is 0. The van der Waals surface area contributed by atoms with Crippen molar-refractivity contribution in [2.24, 2.45) is 0 Å². The summed E-state index contributed by atoms with van der Waals surface area (Å²) in [7, 11) is 0. The molecule has 3 nitrogen and oxygen atoms in total. The number of ether oxygens (including phenoxy) is 2. The normalized spacial score (nSPS) is 25.5. The van der Waals surface area contributed by atoms with E-state index in [2.05, 4.69) is 10.1 Å². The highest BCUT2D eigenvalue weighted by molar-refractivity contribution is 4.85. The SMILES string of the molecule is CCOC1CC(NCCOCC(F)(F)F)C1. The lowest BCUT2D eigenvalue weighted by molar-refractivity contribution is -0.173. The van der Waals surface area contributed by atoms with Gasteiger partial charge in [-0.3, -0.25) is 0 Å². The summed E-state index contributed by atoms with van der Waals surface area (Å²) in [5.41, 5.74) is 0. The Balaban J connectivity index is 1.86. The molecule has 0 aromatic heterocycles. The van der Waals surface area contributed by atoms with Gasteiger partial charge in [0.05, 0.1) is 12.7 Å². The highest BCUT2D eigenvalue weighted by Gasteiger charge is 2.29. The molecule has 16 heavy (non-hydrogen) atoms. The number of nitrogens with one attached hydrogen (secondary N) is 1. The number of hydrogen-bond donors (Lipinski definition) is 1. The van der Waals surface area contributed by atoms with Crippen LogP contribution < -0.4 is 5.32 Å². The van der Waals surface area contributed by atoms with Crippen LogP contribution in [0, 0.1) is 0 Å². The lowest BCUT2D eigenvalue weighted by atomic mass is 9.89. The summed E-state index contributed by atoms with van der Waals surface area (Å²) in [6, 6.07) is 0.367. The van der Waals surface area contributed by atoms with Crippen molar-refractivity contribution in [3.63, 3.8) is 0 Å². The average molecular weight is 241 g/mol. The zero-order chi connectivity index (χ0) is 12.0. The van der Waals surface area contributed by atoms with Gasteiger partial charge in [0.15, 0.2) is 0 Å². The van der Waals surface area contributed by atoms with Crippen molar-refractivity contribution in [3.8, 4) is 0 Å². The van der Waals surface area contributed by atoms with Gasteiger partial charge in [-0.15, -0.1) is 0 Å². The molecule has 0 saturated heterocycles. The van der Waals surface area contributed by atoms with Crippen LogP contribution in [0.3, 0.4) is 0 Å². The molecule has 0 radical (unpaired) electrons. The zero-order valence-electron chi connectivity index (χ0n) is 9.35. The molecule has 0 aromatic carbocycles. The maximum absolute atomic E-state index is 11.7. The van der Waals surface area contributed by atoms with Gasteiger partial charge in [0.25, 0.3) is 0 Å². The van der Waals surface area contributed by atoms with Crippen molar-refractivity contribution in [2.45, 2.75) is 38.1 Å². The van der Waals surface area contributed by atoms with E-state index >= 15 is 0 Å². The van der Waals surface area contributed by atoms with E-state index in [9.17, 15) is 13.2 Å². The number of halogens is 3. The Labute approximate surface area is 93.3 Å². The second-order valence-electron chi connectivity index (χ2n) is 3.87. The monoisotopic (exact) mass is 241 g/mol. The molecule has 1 fully saturated rings. The Bertz CT molecular complexity index is 193. The zero-order valence-corrected chi connectivity index (χ0v) is 9.35. The minimum absolute atomic E-state index is 0.0926. The molecule has 0 atom stereocenters. The maximum atomic E-state index is 11.7. The molecule has 1 saturated carbocycles. The Morgan fingerprint density at radius 3 is 2.56 bits per heavy atom. The van der Waals surface area contributed by atoms with Crippen molar-refractivity contribution in [3.05, 3.63) is 0 Å². The summed E-state index contributed by atoms with van der Waals surface area (Å²) < 4.78 is 44.9. The van der Waals surface area contributed by atoms with Gasteiger partial charge in [-0.05, 0) is 19.8 Å². The van der Waals surface area contributed by atoms with E-state index in [1.54, 1.807) is 0 Å². The van der Waals surface area contributed by atoms with Crippen molar-refractivity contribution in [2.75, 3.05) is 26.4 Å². The molecular weight excluding hydrogens is 223 g/mol. The van der Waals surface area contributed by atoms with E-state index in [4.69, 9.17) is 4.74 Å². The molecule has 0 aliphatic heterocycles. The van der Waals surface area contributed by atoms with Crippen LogP contribution in [0.4, 0.5) is 13.2 Å². The van der Waals surface area contributed by atoms with Crippen LogP contribution in [-0.2, 0) is 9.47 Å². The van der Waals surface area contributed by atoms with Crippen molar-refractivity contribution in [1.29, 1.82) is 0 Å². The van der Waals surface area contributed by atoms with E-state index in [0.717, 1.165) is 12.8 Å². The van der Waals surface area contributed by atoms with Gasteiger partial charge in [-0.2, -0.15) is 13.2 Å².